The highest BCUT2D eigenvalue weighted by Gasteiger charge is 2.31. The van der Waals surface area contributed by atoms with Crippen LogP contribution in [0.5, 0.6) is 0 Å². The van der Waals surface area contributed by atoms with E-state index >= 15 is 0 Å². The van der Waals surface area contributed by atoms with E-state index in [-0.39, 0.29) is 23.9 Å². The Morgan fingerprint density at radius 2 is 1.92 bits per heavy atom. The number of carbonyl (C=O) groups is 2. The molecular formula is C20H24N4O2. The van der Waals surface area contributed by atoms with E-state index in [1.165, 1.54) is 0 Å². The second kappa shape index (κ2) is 6.94. The molecule has 1 unspecified atom stereocenters. The molecule has 2 amide bonds. The smallest absolute Gasteiger partial charge is 0.287 e. The van der Waals surface area contributed by atoms with Gasteiger partial charge in [0.15, 0.2) is 5.82 Å². The Morgan fingerprint density at radius 3 is 2.65 bits per heavy atom. The Bertz CT molecular complexity index is 824. The molecule has 136 valence electrons. The Kier molecular flexibility index (Phi) is 4.49. The number of nitrogens with one attached hydrogen (secondary N) is 2. The van der Waals surface area contributed by atoms with Crippen molar-refractivity contribution in [1.29, 1.82) is 0 Å². The van der Waals surface area contributed by atoms with Gasteiger partial charge in [-0.3, -0.25) is 9.59 Å². The maximum atomic E-state index is 12.8. The molecule has 0 bridgehead atoms. The summed E-state index contributed by atoms with van der Waals surface area (Å²) in [5.74, 6) is -0.0216. The molecule has 6 heteroatoms. The molecule has 2 aliphatic rings. The fraction of sp³-hybridized carbons (Fsp3) is 0.450. The van der Waals surface area contributed by atoms with Crippen molar-refractivity contribution in [3.8, 4) is 0 Å². The number of aromatic nitrogens is 2. The number of hydrogen-bond donors (Lipinski definition) is 2. The van der Waals surface area contributed by atoms with E-state index in [9.17, 15) is 9.59 Å². The summed E-state index contributed by atoms with van der Waals surface area (Å²) in [6.45, 7) is 2.69. The van der Waals surface area contributed by atoms with Crippen molar-refractivity contribution in [2.45, 2.75) is 57.7 Å². The number of fused-ring (bicyclic) bond motifs is 1. The molecule has 0 radical (unpaired) electrons. The van der Waals surface area contributed by atoms with Crippen LogP contribution in [0.15, 0.2) is 30.3 Å². The first kappa shape index (κ1) is 16.8. The van der Waals surface area contributed by atoms with Crippen LogP contribution in [0.1, 0.15) is 71.0 Å². The predicted octanol–water partition coefficient (Wildman–Crippen LogP) is 2.60. The number of amides is 2. The fourth-order valence-electron chi connectivity index (χ4n) is 3.47. The summed E-state index contributed by atoms with van der Waals surface area (Å²) in [6, 6.07) is 9.99. The van der Waals surface area contributed by atoms with Crippen LogP contribution in [0.2, 0.25) is 0 Å². The lowest BCUT2D eigenvalue weighted by molar-refractivity contribution is 0.0923. The van der Waals surface area contributed by atoms with Crippen molar-refractivity contribution < 1.29 is 9.59 Å². The second-order valence-corrected chi connectivity index (χ2v) is 7.19. The van der Waals surface area contributed by atoms with Gasteiger partial charge in [0.1, 0.15) is 5.69 Å². The van der Waals surface area contributed by atoms with E-state index in [2.05, 4.69) is 15.6 Å². The zero-order valence-corrected chi connectivity index (χ0v) is 15.0. The van der Waals surface area contributed by atoms with Crippen LogP contribution in [0.25, 0.3) is 0 Å². The maximum Gasteiger partial charge on any atom is 0.287 e. The summed E-state index contributed by atoms with van der Waals surface area (Å²) in [5.41, 5.74) is 2.36. The van der Waals surface area contributed by atoms with Crippen LogP contribution in [0.4, 0.5) is 0 Å². The average Bonchev–Trinajstić information content (AvgIpc) is 3.39. The lowest BCUT2D eigenvalue weighted by Gasteiger charge is -2.18. The lowest BCUT2D eigenvalue weighted by Crippen LogP contribution is -2.30. The maximum absolute atomic E-state index is 12.8. The van der Waals surface area contributed by atoms with E-state index in [0.717, 1.165) is 49.9 Å². The van der Waals surface area contributed by atoms with Gasteiger partial charge in [-0.25, -0.2) is 4.98 Å². The molecule has 1 aromatic heterocycles. The standard InChI is InChI=1S/C20H24N4O2/c1-13(14-7-3-2-4-8-14)21-20(26)18-23-17(19(25)22-15-10-11-15)16-9-5-6-12-24(16)18/h2-4,7-8,13,15H,5-6,9-12H2,1H3,(H,21,26)(H,22,25). The molecule has 1 aromatic carbocycles. The van der Waals surface area contributed by atoms with Gasteiger partial charge in [-0.1, -0.05) is 30.3 Å². The highest BCUT2D eigenvalue weighted by atomic mass is 16.2. The Balaban J connectivity index is 1.58. The first-order valence-corrected chi connectivity index (χ1v) is 9.39. The molecule has 1 aliphatic carbocycles. The minimum absolute atomic E-state index is 0.121. The monoisotopic (exact) mass is 352 g/mol. The van der Waals surface area contributed by atoms with Crippen molar-refractivity contribution in [3.63, 3.8) is 0 Å². The SMILES string of the molecule is CC(NC(=O)c1nc(C(=O)NC2CC2)c2n1CCCC2)c1ccccc1. The molecule has 0 spiro atoms. The van der Waals surface area contributed by atoms with Gasteiger partial charge in [0.25, 0.3) is 11.8 Å². The molecule has 2 aromatic rings. The summed E-state index contributed by atoms with van der Waals surface area (Å²) >= 11 is 0. The van der Waals surface area contributed by atoms with E-state index in [1.54, 1.807) is 0 Å². The molecule has 6 nitrogen and oxygen atoms in total. The number of nitrogens with zero attached hydrogens (tertiary/aromatic N) is 2. The van der Waals surface area contributed by atoms with Crippen molar-refractivity contribution in [3.05, 3.63) is 53.1 Å². The van der Waals surface area contributed by atoms with Crippen LogP contribution in [0, 0.1) is 0 Å². The third-order valence-electron chi connectivity index (χ3n) is 5.10. The largest absolute Gasteiger partial charge is 0.348 e. The number of rotatable bonds is 5. The van der Waals surface area contributed by atoms with Crippen LogP contribution >= 0.6 is 0 Å². The quantitative estimate of drug-likeness (QED) is 0.868. The number of benzene rings is 1. The lowest BCUT2D eigenvalue weighted by atomic mass is 10.1. The molecule has 1 atom stereocenters. The van der Waals surface area contributed by atoms with E-state index < -0.39 is 0 Å². The number of hydrogen-bond acceptors (Lipinski definition) is 3. The van der Waals surface area contributed by atoms with Gasteiger partial charge in [-0.15, -0.1) is 0 Å². The number of imidazole rings is 1. The molecule has 26 heavy (non-hydrogen) atoms. The van der Waals surface area contributed by atoms with Gasteiger partial charge in [-0.2, -0.15) is 0 Å². The van der Waals surface area contributed by atoms with E-state index in [1.807, 2.05) is 41.8 Å². The molecule has 2 N–H and O–H groups in total. The van der Waals surface area contributed by atoms with Gasteiger partial charge < -0.3 is 15.2 Å². The third kappa shape index (κ3) is 3.36. The Labute approximate surface area is 153 Å². The highest BCUT2D eigenvalue weighted by Crippen LogP contribution is 2.24. The van der Waals surface area contributed by atoms with Crippen LogP contribution in [0.3, 0.4) is 0 Å². The molecule has 1 saturated carbocycles. The Morgan fingerprint density at radius 1 is 1.15 bits per heavy atom. The van der Waals surface area contributed by atoms with Gasteiger partial charge in [0.05, 0.1) is 11.7 Å². The topological polar surface area (TPSA) is 76.0 Å². The average molecular weight is 352 g/mol. The minimum atomic E-state index is -0.227. The first-order chi connectivity index (χ1) is 12.6. The normalized spacial score (nSPS) is 17.3. The van der Waals surface area contributed by atoms with Crippen molar-refractivity contribution in [1.82, 2.24) is 20.2 Å². The molecule has 0 saturated heterocycles. The van der Waals surface area contributed by atoms with Crippen LogP contribution in [-0.4, -0.2) is 27.4 Å². The summed E-state index contributed by atoms with van der Waals surface area (Å²) in [4.78, 5) is 29.8. The molecule has 1 fully saturated rings. The van der Waals surface area contributed by atoms with Gasteiger partial charge in [0, 0.05) is 12.6 Å². The van der Waals surface area contributed by atoms with Crippen molar-refractivity contribution in [2.75, 3.05) is 0 Å². The summed E-state index contributed by atoms with van der Waals surface area (Å²) in [7, 11) is 0. The zero-order chi connectivity index (χ0) is 18.1. The van der Waals surface area contributed by atoms with Crippen LogP contribution in [-0.2, 0) is 13.0 Å². The van der Waals surface area contributed by atoms with Crippen molar-refractivity contribution in [2.24, 2.45) is 0 Å². The summed E-state index contributed by atoms with van der Waals surface area (Å²) in [5, 5.41) is 6.01. The second-order valence-electron chi connectivity index (χ2n) is 7.19. The summed E-state index contributed by atoms with van der Waals surface area (Å²) < 4.78 is 1.93. The molecular weight excluding hydrogens is 328 g/mol. The minimum Gasteiger partial charge on any atom is -0.348 e. The van der Waals surface area contributed by atoms with Crippen LogP contribution < -0.4 is 10.6 Å². The van der Waals surface area contributed by atoms with E-state index in [4.69, 9.17) is 0 Å². The first-order valence-electron chi connectivity index (χ1n) is 9.39. The molecule has 4 rings (SSSR count). The van der Waals surface area contributed by atoms with Gasteiger partial charge in [0.2, 0.25) is 0 Å². The summed E-state index contributed by atoms with van der Waals surface area (Å²) in [6.07, 6.45) is 4.88. The number of carbonyl (C=O) groups excluding carboxylic acids is 2. The van der Waals surface area contributed by atoms with E-state index in [0.29, 0.717) is 11.5 Å². The van der Waals surface area contributed by atoms with Gasteiger partial charge in [-0.05, 0) is 44.6 Å². The zero-order valence-electron chi connectivity index (χ0n) is 15.0. The molecule has 2 heterocycles. The third-order valence-corrected chi connectivity index (χ3v) is 5.10. The van der Waals surface area contributed by atoms with Gasteiger partial charge >= 0.3 is 0 Å². The fourth-order valence-corrected chi connectivity index (χ4v) is 3.47. The molecule has 1 aliphatic heterocycles. The Hall–Kier alpha value is -2.63. The highest BCUT2D eigenvalue weighted by molar-refractivity contribution is 5.97. The van der Waals surface area contributed by atoms with Crippen molar-refractivity contribution >= 4 is 11.8 Å². The predicted molar refractivity (Wildman–Crippen MR) is 98.0 cm³/mol.